The highest BCUT2D eigenvalue weighted by Crippen LogP contribution is 2.21. The Morgan fingerprint density at radius 1 is 1.29 bits per heavy atom. The molecule has 0 saturated heterocycles. The monoisotopic (exact) mass is 299 g/mol. The predicted octanol–water partition coefficient (Wildman–Crippen LogP) is 2.27. The lowest BCUT2D eigenvalue weighted by Gasteiger charge is -2.12. The second-order valence-corrected chi connectivity index (χ2v) is 4.80. The molecule has 0 radical (unpaired) electrons. The average molecular weight is 300 g/mol. The standard InChI is InChI=1S/C12H14BrNO3/c1-6-5-10(13)7(2)4-9(6)11(15)14-8(3)12(16)17/h4-5,8H,1-3H3,(H,14,15)(H,16,17)/t8-/m0/s1. The zero-order valence-electron chi connectivity index (χ0n) is 9.87. The van der Waals surface area contributed by atoms with E-state index < -0.39 is 12.0 Å². The summed E-state index contributed by atoms with van der Waals surface area (Å²) in [6.45, 7) is 5.12. The largest absolute Gasteiger partial charge is 0.480 e. The van der Waals surface area contributed by atoms with Gasteiger partial charge < -0.3 is 10.4 Å². The van der Waals surface area contributed by atoms with Gasteiger partial charge in [-0.25, -0.2) is 0 Å². The van der Waals surface area contributed by atoms with Gasteiger partial charge in [0.05, 0.1) is 0 Å². The average Bonchev–Trinajstić information content (AvgIpc) is 2.22. The van der Waals surface area contributed by atoms with E-state index in [9.17, 15) is 9.59 Å². The van der Waals surface area contributed by atoms with Crippen molar-refractivity contribution in [2.45, 2.75) is 26.8 Å². The topological polar surface area (TPSA) is 66.4 Å². The summed E-state index contributed by atoms with van der Waals surface area (Å²) < 4.78 is 0.929. The third-order valence-corrected chi connectivity index (χ3v) is 3.32. The van der Waals surface area contributed by atoms with Crippen molar-refractivity contribution in [3.8, 4) is 0 Å². The molecule has 92 valence electrons. The third kappa shape index (κ3) is 3.30. The van der Waals surface area contributed by atoms with E-state index in [2.05, 4.69) is 21.2 Å². The van der Waals surface area contributed by atoms with Gasteiger partial charge in [0, 0.05) is 10.0 Å². The van der Waals surface area contributed by atoms with Crippen molar-refractivity contribution < 1.29 is 14.7 Å². The van der Waals surface area contributed by atoms with Crippen LogP contribution in [0.25, 0.3) is 0 Å². The predicted molar refractivity (Wildman–Crippen MR) is 68.2 cm³/mol. The van der Waals surface area contributed by atoms with E-state index in [1.54, 1.807) is 6.07 Å². The molecule has 0 aromatic heterocycles. The minimum Gasteiger partial charge on any atom is -0.480 e. The zero-order valence-corrected chi connectivity index (χ0v) is 11.5. The second kappa shape index (κ2) is 5.31. The highest BCUT2D eigenvalue weighted by Gasteiger charge is 2.17. The normalized spacial score (nSPS) is 12.0. The van der Waals surface area contributed by atoms with Gasteiger partial charge in [-0.3, -0.25) is 9.59 Å². The van der Waals surface area contributed by atoms with Gasteiger partial charge in [-0.05, 0) is 44.0 Å². The SMILES string of the molecule is Cc1cc(C(=O)N[C@@H](C)C(=O)O)c(C)cc1Br. The van der Waals surface area contributed by atoms with Gasteiger partial charge in [0.2, 0.25) is 0 Å². The molecule has 5 heteroatoms. The molecule has 0 spiro atoms. The molecule has 0 heterocycles. The molecule has 0 aliphatic carbocycles. The van der Waals surface area contributed by atoms with Gasteiger partial charge in [-0.2, -0.15) is 0 Å². The Balaban J connectivity index is 2.97. The van der Waals surface area contributed by atoms with E-state index in [-0.39, 0.29) is 5.91 Å². The molecule has 1 aromatic rings. The number of carbonyl (C=O) groups excluding carboxylic acids is 1. The number of rotatable bonds is 3. The molecule has 0 bridgehead atoms. The minimum atomic E-state index is -1.05. The summed E-state index contributed by atoms with van der Waals surface area (Å²) in [6, 6.07) is 2.68. The Hall–Kier alpha value is -1.36. The lowest BCUT2D eigenvalue weighted by Crippen LogP contribution is -2.38. The number of hydrogen-bond donors (Lipinski definition) is 2. The Morgan fingerprint density at radius 2 is 1.88 bits per heavy atom. The van der Waals surface area contributed by atoms with Gasteiger partial charge in [0.15, 0.2) is 0 Å². The van der Waals surface area contributed by atoms with Crippen molar-refractivity contribution in [3.63, 3.8) is 0 Å². The minimum absolute atomic E-state index is 0.368. The van der Waals surface area contributed by atoms with E-state index in [4.69, 9.17) is 5.11 Å². The lowest BCUT2D eigenvalue weighted by molar-refractivity contribution is -0.138. The Labute approximate surface area is 108 Å². The number of aliphatic carboxylic acids is 1. The highest BCUT2D eigenvalue weighted by atomic mass is 79.9. The van der Waals surface area contributed by atoms with Crippen LogP contribution in [0.5, 0.6) is 0 Å². The molecular formula is C12H14BrNO3. The second-order valence-electron chi connectivity index (χ2n) is 3.95. The van der Waals surface area contributed by atoms with E-state index in [0.29, 0.717) is 5.56 Å². The van der Waals surface area contributed by atoms with Crippen LogP contribution >= 0.6 is 15.9 Å². The number of nitrogens with one attached hydrogen (secondary N) is 1. The molecule has 0 unspecified atom stereocenters. The van der Waals surface area contributed by atoms with Gasteiger partial charge in [0.1, 0.15) is 6.04 Å². The smallest absolute Gasteiger partial charge is 0.325 e. The molecule has 1 amide bonds. The van der Waals surface area contributed by atoms with Crippen LogP contribution in [0.2, 0.25) is 0 Å². The first-order chi connectivity index (χ1) is 7.82. The maximum Gasteiger partial charge on any atom is 0.325 e. The van der Waals surface area contributed by atoms with Gasteiger partial charge in [0.25, 0.3) is 5.91 Å². The van der Waals surface area contributed by atoms with Crippen molar-refractivity contribution >= 4 is 27.8 Å². The molecular weight excluding hydrogens is 286 g/mol. The number of carbonyl (C=O) groups is 2. The van der Waals surface area contributed by atoms with Crippen molar-refractivity contribution in [1.82, 2.24) is 5.32 Å². The molecule has 1 aromatic carbocycles. The molecule has 4 nitrogen and oxygen atoms in total. The molecule has 0 saturated carbocycles. The van der Waals surface area contributed by atoms with Crippen LogP contribution in [0.1, 0.15) is 28.4 Å². The van der Waals surface area contributed by atoms with Crippen molar-refractivity contribution in [3.05, 3.63) is 33.3 Å². The fraction of sp³-hybridized carbons (Fsp3) is 0.333. The fourth-order valence-electron chi connectivity index (χ4n) is 1.36. The number of carboxylic acid groups (broad SMARTS) is 1. The molecule has 1 rings (SSSR count). The fourth-order valence-corrected chi connectivity index (χ4v) is 1.82. The Bertz CT molecular complexity index is 471. The van der Waals surface area contributed by atoms with Gasteiger partial charge >= 0.3 is 5.97 Å². The highest BCUT2D eigenvalue weighted by molar-refractivity contribution is 9.10. The molecule has 0 aliphatic heterocycles. The summed E-state index contributed by atoms with van der Waals surface area (Å²) in [7, 11) is 0. The van der Waals surface area contributed by atoms with Crippen LogP contribution in [0.3, 0.4) is 0 Å². The van der Waals surface area contributed by atoms with Gasteiger partial charge in [-0.1, -0.05) is 15.9 Å². The molecule has 0 aliphatic rings. The lowest BCUT2D eigenvalue weighted by atomic mass is 10.0. The van der Waals surface area contributed by atoms with E-state index in [1.165, 1.54) is 6.92 Å². The van der Waals surface area contributed by atoms with Crippen LogP contribution in [0.15, 0.2) is 16.6 Å². The van der Waals surface area contributed by atoms with Crippen molar-refractivity contribution in [1.29, 1.82) is 0 Å². The van der Waals surface area contributed by atoms with Crippen molar-refractivity contribution in [2.24, 2.45) is 0 Å². The van der Waals surface area contributed by atoms with Crippen LogP contribution in [-0.4, -0.2) is 23.0 Å². The maximum atomic E-state index is 11.9. The first-order valence-corrected chi connectivity index (χ1v) is 5.92. The number of halogens is 1. The number of hydrogen-bond acceptors (Lipinski definition) is 2. The summed E-state index contributed by atoms with van der Waals surface area (Å²) in [4.78, 5) is 22.5. The van der Waals surface area contributed by atoms with E-state index >= 15 is 0 Å². The first kappa shape index (κ1) is 13.7. The van der Waals surface area contributed by atoms with Crippen molar-refractivity contribution in [2.75, 3.05) is 0 Å². The summed E-state index contributed by atoms with van der Waals surface area (Å²) in [5, 5.41) is 11.2. The summed E-state index contributed by atoms with van der Waals surface area (Å²) in [6.07, 6.45) is 0. The zero-order chi connectivity index (χ0) is 13.2. The molecule has 1 atom stereocenters. The Kier molecular flexibility index (Phi) is 4.28. The number of aryl methyl sites for hydroxylation is 2. The summed E-state index contributed by atoms with van der Waals surface area (Å²) >= 11 is 3.38. The molecule has 0 fully saturated rings. The van der Waals surface area contributed by atoms with Crippen LogP contribution in [0.4, 0.5) is 0 Å². The third-order valence-electron chi connectivity index (χ3n) is 2.47. The molecule has 17 heavy (non-hydrogen) atoms. The number of amides is 1. The quantitative estimate of drug-likeness (QED) is 0.900. The van der Waals surface area contributed by atoms with Crippen LogP contribution in [0, 0.1) is 13.8 Å². The first-order valence-electron chi connectivity index (χ1n) is 5.13. The molecule has 2 N–H and O–H groups in total. The van der Waals surface area contributed by atoms with E-state index in [1.807, 2.05) is 19.9 Å². The number of carboxylic acids is 1. The Morgan fingerprint density at radius 3 is 2.41 bits per heavy atom. The van der Waals surface area contributed by atoms with Gasteiger partial charge in [-0.15, -0.1) is 0 Å². The van der Waals surface area contributed by atoms with Crippen LogP contribution < -0.4 is 5.32 Å². The summed E-state index contributed by atoms with van der Waals surface area (Å²) in [5.74, 6) is -1.42. The van der Waals surface area contributed by atoms with Crippen LogP contribution in [-0.2, 0) is 4.79 Å². The maximum absolute atomic E-state index is 11.9. The van der Waals surface area contributed by atoms with E-state index in [0.717, 1.165) is 15.6 Å². The summed E-state index contributed by atoms with van der Waals surface area (Å²) in [5.41, 5.74) is 2.24. The number of benzene rings is 1.